The van der Waals surface area contributed by atoms with Crippen molar-refractivity contribution in [3.05, 3.63) is 21.3 Å². The minimum Gasteiger partial charge on any atom is -0.496 e. The zero-order valence-corrected chi connectivity index (χ0v) is 16.3. The summed E-state index contributed by atoms with van der Waals surface area (Å²) in [5.74, 6) is 2.53. The molecule has 1 atom stereocenters. The van der Waals surface area contributed by atoms with Gasteiger partial charge in [0.05, 0.1) is 17.3 Å². The average molecular weight is 455 g/mol. The quantitative estimate of drug-likeness (QED) is 0.347. The Hall–Kier alpha value is 0.0300. The molecule has 0 saturated carbocycles. The summed E-state index contributed by atoms with van der Waals surface area (Å²) in [7, 11) is 1.70. The van der Waals surface area contributed by atoms with Crippen LogP contribution in [0.2, 0.25) is 0 Å². The van der Waals surface area contributed by atoms with Gasteiger partial charge in [-0.2, -0.15) is 0 Å². The van der Waals surface area contributed by atoms with Crippen LogP contribution in [0.5, 0.6) is 11.5 Å². The molecule has 114 valence electrons. The van der Waals surface area contributed by atoms with Gasteiger partial charge in [0, 0.05) is 10.9 Å². The molecule has 0 saturated heterocycles. The molecule has 4 heteroatoms. The van der Waals surface area contributed by atoms with Crippen molar-refractivity contribution in [2.24, 2.45) is 5.92 Å². The third-order valence-corrected chi connectivity index (χ3v) is 4.94. The molecule has 0 spiro atoms. The highest BCUT2D eigenvalue weighted by Crippen LogP contribution is 2.32. The monoisotopic (exact) mass is 454 g/mol. The molecule has 0 fully saturated rings. The lowest BCUT2D eigenvalue weighted by Gasteiger charge is -2.17. The van der Waals surface area contributed by atoms with Crippen molar-refractivity contribution in [1.82, 2.24) is 0 Å². The Bertz CT molecular complexity index is 410. The number of benzene rings is 1. The summed E-state index contributed by atoms with van der Waals surface area (Å²) in [6.45, 7) is 5.29. The van der Waals surface area contributed by atoms with E-state index in [1.807, 2.05) is 6.07 Å². The van der Waals surface area contributed by atoms with Gasteiger partial charge in [-0.1, -0.05) is 49.0 Å². The van der Waals surface area contributed by atoms with Crippen LogP contribution in [0.3, 0.4) is 0 Å². The number of methoxy groups -OCH3 is 1. The average Bonchev–Trinajstić information content (AvgIpc) is 2.48. The van der Waals surface area contributed by atoms with Gasteiger partial charge in [-0.25, -0.2) is 0 Å². The highest BCUT2D eigenvalue weighted by Gasteiger charge is 2.12. The van der Waals surface area contributed by atoms with E-state index in [0.29, 0.717) is 5.92 Å². The Kier molecular flexibility index (Phi) is 8.93. The molecule has 1 rings (SSSR count). The molecule has 0 aromatic heterocycles. The van der Waals surface area contributed by atoms with Crippen LogP contribution in [0.1, 0.15) is 45.1 Å². The molecule has 0 amide bonds. The van der Waals surface area contributed by atoms with E-state index in [4.69, 9.17) is 9.47 Å². The molecule has 1 aromatic rings. The first-order chi connectivity index (χ1) is 9.65. The number of ether oxygens (including phenoxy) is 2. The zero-order chi connectivity index (χ0) is 15.0. The standard InChI is InChI=1S/C16H24BrIO2/c1-4-6-7-12(5-2)11-20-16-8-13(10-17)15(19-3)9-14(16)18/h8-9,12H,4-7,10-11H2,1-3H3. The third kappa shape index (κ3) is 5.43. The van der Waals surface area contributed by atoms with Crippen molar-refractivity contribution in [2.45, 2.75) is 44.9 Å². The van der Waals surface area contributed by atoms with Crippen LogP contribution in [0.4, 0.5) is 0 Å². The number of halogens is 2. The van der Waals surface area contributed by atoms with Crippen molar-refractivity contribution in [3.63, 3.8) is 0 Å². The number of hydrogen-bond acceptors (Lipinski definition) is 2. The van der Waals surface area contributed by atoms with Gasteiger partial charge in [0.1, 0.15) is 11.5 Å². The van der Waals surface area contributed by atoms with Crippen LogP contribution < -0.4 is 9.47 Å². The summed E-state index contributed by atoms with van der Waals surface area (Å²) in [6, 6.07) is 4.13. The minimum atomic E-state index is 0.653. The van der Waals surface area contributed by atoms with Crippen LogP contribution >= 0.6 is 38.5 Å². The largest absolute Gasteiger partial charge is 0.496 e. The maximum atomic E-state index is 6.04. The van der Waals surface area contributed by atoms with Crippen molar-refractivity contribution < 1.29 is 9.47 Å². The Morgan fingerprint density at radius 3 is 2.55 bits per heavy atom. The summed E-state index contributed by atoms with van der Waals surface area (Å²) < 4.78 is 12.5. The van der Waals surface area contributed by atoms with Crippen molar-refractivity contribution in [1.29, 1.82) is 0 Å². The van der Waals surface area contributed by atoms with Gasteiger partial charge in [-0.05, 0) is 47.1 Å². The Balaban J connectivity index is 2.71. The van der Waals surface area contributed by atoms with E-state index in [2.05, 4.69) is 58.4 Å². The molecule has 1 aromatic carbocycles. The lowest BCUT2D eigenvalue weighted by atomic mass is 10.0. The van der Waals surface area contributed by atoms with Gasteiger partial charge in [-0.15, -0.1) is 0 Å². The normalized spacial score (nSPS) is 12.2. The smallest absolute Gasteiger partial charge is 0.133 e. The third-order valence-electron chi connectivity index (χ3n) is 3.50. The molecule has 0 bridgehead atoms. The fourth-order valence-corrected chi connectivity index (χ4v) is 3.12. The second-order valence-electron chi connectivity index (χ2n) is 4.96. The first kappa shape index (κ1) is 18.1. The second-order valence-corrected chi connectivity index (χ2v) is 6.68. The number of rotatable bonds is 9. The van der Waals surface area contributed by atoms with Gasteiger partial charge in [-0.3, -0.25) is 0 Å². The van der Waals surface area contributed by atoms with Gasteiger partial charge < -0.3 is 9.47 Å². The molecule has 20 heavy (non-hydrogen) atoms. The summed E-state index contributed by atoms with van der Waals surface area (Å²) in [5.41, 5.74) is 1.13. The van der Waals surface area contributed by atoms with E-state index >= 15 is 0 Å². The molecular weight excluding hydrogens is 431 g/mol. The Morgan fingerprint density at radius 1 is 1.25 bits per heavy atom. The van der Waals surface area contributed by atoms with E-state index in [0.717, 1.165) is 32.6 Å². The van der Waals surface area contributed by atoms with E-state index in [1.165, 1.54) is 25.7 Å². The lowest BCUT2D eigenvalue weighted by molar-refractivity contribution is 0.231. The molecule has 0 heterocycles. The zero-order valence-electron chi connectivity index (χ0n) is 12.5. The maximum absolute atomic E-state index is 6.04. The highest BCUT2D eigenvalue weighted by atomic mass is 127. The van der Waals surface area contributed by atoms with Crippen LogP contribution in [-0.2, 0) is 5.33 Å². The summed E-state index contributed by atoms with van der Waals surface area (Å²) in [5, 5.41) is 0.774. The molecule has 1 unspecified atom stereocenters. The molecule has 0 aliphatic carbocycles. The van der Waals surface area contributed by atoms with Crippen molar-refractivity contribution >= 4 is 38.5 Å². The minimum absolute atomic E-state index is 0.653. The van der Waals surface area contributed by atoms with E-state index < -0.39 is 0 Å². The van der Waals surface area contributed by atoms with E-state index in [9.17, 15) is 0 Å². The molecule has 0 aliphatic rings. The summed E-state index contributed by atoms with van der Waals surface area (Å²) >= 11 is 5.81. The van der Waals surface area contributed by atoms with Crippen LogP contribution in [0, 0.1) is 9.49 Å². The SMILES string of the molecule is CCCCC(CC)COc1cc(CBr)c(OC)cc1I. The van der Waals surface area contributed by atoms with Gasteiger partial charge in [0.2, 0.25) is 0 Å². The number of alkyl halides is 1. The van der Waals surface area contributed by atoms with Crippen LogP contribution in [0.25, 0.3) is 0 Å². The van der Waals surface area contributed by atoms with Gasteiger partial charge in [0.15, 0.2) is 0 Å². The second kappa shape index (κ2) is 9.87. The van der Waals surface area contributed by atoms with E-state index in [-0.39, 0.29) is 0 Å². The van der Waals surface area contributed by atoms with Crippen LogP contribution in [-0.4, -0.2) is 13.7 Å². The Morgan fingerprint density at radius 2 is 2.00 bits per heavy atom. The maximum Gasteiger partial charge on any atom is 0.133 e. The van der Waals surface area contributed by atoms with Crippen molar-refractivity contribution in [2.75, 3.05) is 13.7 Å². The highest BCUT2D eigenvalue weighted by molar-refractivity contribution is 14.1. The molecule has 0 N–H and O–H groups in total. The lowest BCUT2D eigenvalue weighted by Crippen LogP contribution is -2.12. The van der Waals surface area contributed by atoms with E-state index in [1.54, 1.807) is 7.11 Å². The fraction of sp³-hybridized carbons (Fsp3) is 0.625. The molecule has 2 nitrogen and oxygen atoms in total. The van der Waals surface area contributed by atoms with Gasteiger partial charge in [0.25, 0.3) is 0 Å². The first-order valence-electron chi connectivity index (χ1n) is 7.21. The predicted octanol–water partition coefficient (Wildman–Crippen LogP) is 5.79. The van der Waals surface area contributed by atoms with Gasteiger partial charge >= 0.3 is 0 Å². The predicted molar refractivity (Wildman–Crippen MR) is 97.1 cm³/mol. The summed E-state index contributed by atoms with van der Waals surface area (Å²) in [6.07, 6.45) is 4.97. The topological polar surface area (TPSA) is 18.5 Å². The number of hydrogen-bond donors (Lipinski definition) is 0. The summed E-state index contributed by atoms with van der Waals surface area (Å²) in [4.78, 5) is 0. The Labute approximate surface area is 144 Å². The first-order valence-corrected chi connectivity index (χ1v) is 9.41. The molecular formula is C16H24BrIO2. The molecule has 0 radical (unpaired) electrons. The number of unbranched alkanes of at least 4 members (excludes halogenated alkanes) is 1. The van der Waals surface area contributed by atoms with Crippen LogP contribution in [0.15, 0.2) is 12.1 Å². The fourth-order valence-electron chi connectivity index (χ4n) is 2.09. The van der Waals surface area contributed by atoms with Crippen molar-refractivity contribution in [3.8, 4) is 11.5 Å². The molecule has 0 aliphatic heterocycles.